The maximum Gasteiger partial charge on any atom is 0.255 e. The van der Waals surface area contributed by atoms with Gasteiger partial charge in [-0.3, -0.25) is 14.5 Å². The molecular formula is C28H30N6O3. The second-order valence-corrected chi connectivity index (χ2v) is 9.98. The maximum absolute atomic E-state index is 13.1. The Hall–Kier alpha value is -3.98. The van der Waals surface area contributed by atoms with Crippen molar-refractivity contribution >= 4 is 11.8 Å². The van der Waals surface area contributed by atoms with E-state index in [1.54, 1.807) is 4.90 Å². The molecule has 1 aromatic heterocycles. The number of hydrogen-bond acceptors (Lipinski definition) is 6. The first kappa shape index (κ1) is 23.4. The van der Waals surface area contributed by atoms with Gasteiger partial charge in [0.15, 0.2) is 0 Å². The molecule has 2 amide bonds. The van der Waals surface area contributed by atoms with Gasteiger partial charge in [-0.2, -0.15) is 5.10 Å². The molecule has 0 saturated carbocycles. The van der Waals surface area contributed by atoms with E-state index in [9.17, 15) is 9.59 Å². The van der Waals surface area contributed by atoms with Crippen LogP contribution in [-0.4, -0.2) is 49.0 Å². The van der Waals surface area contributed by atoms with E-state index in [-0.39, 0.29) is 11.8 Å². The Balaban J connectivity index is 1.08. The number of rotatable bonds is 6. The maximum atomic E-state index is 13.1. The molecule has 0 radical (unpaired) electrons. The molecule has 1 fully saturated rings. The third-order valence-corrected chi connectivity index (χ3v) is 7.32. The molecule has 0 unspecified atom stereocenters. The van der Waals surface area contributed by atoms with Gasteiger partial charge in [0.2, 0.25) is 5.91 Å². The number of piperidine rings is 1. The van der Waals surface area contributed by atoms with Crippen LogP contribution in [0.1, 0.15) is 51.5 Å². The predicted molar refractivity (Wildman–Crippen MR) is 136 cm³/mol. The average Bonchev–Trinajstić information content (AvgIpc) is 3.42. The lowest BCUT2D eigenvalue weighted by Crippen LogP contribution is -2.49. The highest BCUT2D eigenvalue weighted by Crippen LogP contribution is 2.34. The van der Waals surface area contributed by atoms with Crippen LogP contribution >= 0.6 is 0 Å². The smallest absolute Gasteiger partial charge is 0.255 e. The van der Waals surface area contributed by atoms with Gasteiger partial charge in [-0.25, -0.2) is 9.67 Å². The summed E-state index contributed by atoms with van der Waals surface area (Å²) >= 11 is 0. The number of ether oxygens (including phenoxy) is 1. The van der Waals surface area contributed by atoms with E-state index >= 15 is 0 Å². The van der Waals surface area contributed by atoms with E-state index in [0.29, 0.717) is 43.0 Å². The second kappa shape index (κ2) is 9.48. The summed E-state index contributed by atoms with van der Waals surface area (Å²) in [6.45, 7) is 10.0. The van der Waals surface area contributed by atoms with Crippen molar-refractivity contribution < 1.29 is 14.3 Å². The van der Waals surface area contributed by atoms with Crippen molar-refractivity contribution in [3.63, 3.8) is 0 Å². The average molecular weight is 499 g/mol. The van der Waals surface area contributed by atoms with Crippen molar-refractivity contribution in [1.82, 2.24) is 29.9 Å². The number of allylic oxidation sites excluding steroid dienone is 1. The fourth-order valence-electron chi connectivity index (χ4n) is 5.38. The molecule has 6 rings (SSSR count). The van der Waals surface area contributed by atoms with Crippen LogP contribution in [0.2, 0.25) is 0 Å². The molecule has 0 aliphatic carbocycles. The molecular weight excluding hydrogens is 468 g/mol. The van der Waals surface area contributed by atoms with E-state index in [1.807, 2.05) is 29.8 Å². The van der Waals surface area contributed by atoms with Gasteiger partial charge in [-0.1, -0.05) is 36.9 Å². The monoisotopic (exact) mass is 498 g/mol. The summed E-state index contributed by atoms with van der Waals surface area (Å²) in [6, 6.07) is 13.5. The molecule has 0 spiro atoms. The third kappa shape index (κ3) is 4.62. The van der Waals surface area contributed by atoms with Gasteiger partial charge in [-0.05, 0) is 43.0 Å². The third-order valence-electron chi connectivity index (χ3n) is 7.32. The Morgan fingerprint density at radius 2 is 1.89 bits per heavy atom. The minimum Gasteiger partial charge on any atom is -0.489 e. The number of benzene rings is 2. The molecule has 1 N–H and O–H groups in total. The highest BCUT2D eigenvalue weighted by molar-refractivity contribution is 6.02. The number of nitrogens with one attached hydrogen (secondary N) is 1. The van der Waals surface area contributed by atoms with Gasteiger partial charge in [0.1, 0.15) is 30.0 Å². The Morgan fingerprint density at radius 1 is 1.08 bits per heavy atom. The Labute approximate surface area is 215 Å². The van der Waals surface area contributed by atoms with Crippen LogP contribution in [0.5, 0.6) is 5.75 Å². The van der Waals surface area contributed by atoms with Gasteiger partial charge in [0.05, 0.1) is 19.6 Å². The first-order valence-electron chi connectivity index (χ1n) is 12.7. The van der Waals surface area contributed by atoms with E-state index < -0.39 is 6.04 Å². The number of fused-ring (bicyclic) bond motifs is 2. The molecule has 1 atom stereocenters. The quantitative estimate of drug-likeness (QED) is 0.562. The lowest BCUT2D eigenvalue weighted by molar-refractivity contribution is -0.126. The van der Waals surface area contributed by atoms with Gasteiger partial charge >= 0.3 is 0 Å². The molecule has 2 aromatic carbocycles. The summed E-state index contributed by atoms with van der Waals surface area (Å²) in [5, 5.41) is 7.21. The summed E-state index contributed by atoms with van der Waals surface area (Å²) in [5.41, 5.74) is 4.45. The number of nitrogens with zero attached hydrogens (tertiary/aromatic N) is 5. The Kier molecular flexibility index (Phi) is 6.00. The van der Waals surface area contributed by atoms with Crippen molar-refractivity contribution in [2.75, 3.05) is 6.54 Å². The van der Waals surface area contributed by atoms with Crippen molar-refractivity contribution in [2.24, 2.45) is 0 Å². The summed E-state index contributed by atoms with van der Waals surface area (Å²) in [4.78, 5) is 34.1. The zero-order valence-electron chi connectivity index (χ0n) is 20.9. The van der Waals surface area contributed by atoms with Crippen LogP contribution in [0.3, 0.4) is 0 Å². The number of carbonyl (C=O) groups is 2. The minimum absolute atomic E-state index is 0.122. The Bertz CT molecular complexity index is 1380. The molecule has 1 saturated heterocycles. The van der Waals surface area contributed by atoms with Gasteiger partial charge in [-0.15, -0.1) is 0 Å². The number of carbonyl (C=O) groups excluding carboxylic acids is 2. The molecule has 3 aromatic rings. The standard InChI is InChI=1S/C28H30N6O3/c1-18-6-11-24(27(35)29-18)33-15-23-22(28(33)36)4-3-5-25(23)37-17-21-9-7-20(8-10-21)14-32-12-13-34-26(16-32)30-19(2)31-34/h3-5,7-10,24H,1,6,11-17H2,2H3,(H,29,35)/t24-/m0/s1. The summed E-state index contributed by atoms with van der Waals surface area (Å²) in [5.74, 6) is 2.25. The number of hydrogen-bond donors (Lipinski definition) is 1. The minimum atomic E-state index is -0.480. The van der Waals surface area contributed by atoms with Crippen LogP contribution in [0.15, 0.2) is 54.7 Å². The van der Waals surface area contributed by atoms with Gasteiger partial charge < -0.3 is 15.0 Å². The highest BCUT2D eigenvalue weighted by atomic mass is 16.5. The Morgan fingerprint density at radius 3 is 2.70 bits per heavy atom. The molecule has 37 heavy (non-hydrogen) atoms. The van der Waals surface area contributed by atoms with Crippen LogP contribution in [0, 0.1) is 6.92 Å². The van der Waals surface area contributed by atoms with E-state index in [4.69, 9.17) is 4.74 Å². The summed E-state index contributed by atoms with van der Waals surface area (Å²) in [6.07, 6.45) is 1.26. The van der Waals surface area contributed by atoms with E-state index in [1.165, 1.54) is 5.56 Å². The largest absolute Gasteiger partial charge is 0.489 e. The van der Waals surface area contributed by atoms with Crippen molar-refractivity contribution in [1.29, 1.82) is 0 Å². The zero-order chi connectivity index (χ0) is 25.5. The number of aromatic nitrogens is 3. The molecule has 190 valence electrons. The molecule has 3 aliphatic rings. The highest BCUT2D eigenvalue weighted by Gasteiger charge is 2.39. The summed E-state index contributed by atoms with van der Waals surface area (Å²) < 4.78 is 8.17. The normalized spacial score (nSPS) is 19.5. The molecule has 9 nitrogen and oxygen atoms in total. The molecule has 0 bridgehead atoms. The van der Waals surface area contributed by atoms with Crippen molar-refractivity contribution in [3.8, 4) is 5.75 Å². The van der Waals surface area contributed by atoms with Gasteiger partial charge in [0, 0.05) is 29.9 Å². The predicted octanol–water partition coefficient (Wildman–Crippen LogP) is 2.93. The summed E-state index contributed by atoms with van der Waals surface area (Å²) in [7, 11) is 0. The van der Waals surface area contributed by atoms with Crippen LogP contribution in [-0.2, 0) is 37.6 Å². The van der Waals surface area contributed by atoms with Crippen molar-refractivity contribution in [3.05, 3.63) is 88.6 Å². The van der Waals surface area contributed by atoms with E-state index in [0.717, 1.165) is 49.0 Å². The first-order chi connectivity index (χ1) is 17.9. The lowest BCUT2D eigenvalue weighted by Gasteiger charge is -2.31. The molecule has 4 heterocycles. The SMILES string of the molecule is C=C1CC[C@H](N2Cc3c(OCc4ccc(CN5CCn6nc(C)nc6C5)cc4)cccc3C2=O)C(=O)N1. The first-order valence-corrected chi connectivity index (χ1v) is 12.7. The van der Waals surface area contributed by atoms with E-state index in [2.05, 4.69) is 51.1 Å². The van der Waals surface area contributed by atoms with Crippen LogP contribution < -0.4 is 10.1 Å². The second-order valence-electron chi connectivity index (χ2n) is 9.98. The molecule has 9 heteroatoms. The fourth-order valence-corrected chi connectivity index (χ4v) is 5.38. The number of amides is 2. The number of aryl methyl sites for hydroxylation is 1. The lowest BCUT2D eigenvalue weighted by atomic mass is 10.0. The zero-order valence-corrected chi connectivity index (χ0v) is 20.9. The van der Waals surface area contributed by atoms with Crippen molar-refractivity contribution in [2.45, 2.75) is 58.6 Å². The van der Waals surface area contributed by atoms with Crippen LogP contribution in [0.25, 0.3) is 0 Å². The van der Waals surface area contributed by atoms with Crippen LogP contribution in [0.4, 0.5) is 0 Å². The van der Waals surface area contributed by atoms with Gasteiger partial charge in [0.25, 0.3) is 5.91 Å². The molecule has 3 aliphatic heterocycles. The fraction of sp³-hybridized carbons (Fsp3) is 0.357. The topological polar surface area (TPSA) is 92.6 Å².